The van der Waals surface area contributed by atoms with Crippen LogP contribution >= 0.6 is 35.3 Å². The van der Waals surface area contributed by atoms with Gasteiger partial charge in [-0.25, -0.2) is 39.4 Å². The number of amides is 3. The minimum absolute atomic E-state index is 0.00978. The Bertz CT molecular complexity index is 4630. The smallest absolute Gasteiger partial charge is 0.325 e. The van der Waals surface area contributed by atoms with Crippen LogP contribution in [0.1, 0.15) is 143 Å². The van der Waals surface area contributed by atoms with Gasteiger partial charge in [-0.2, -0.15) is 0 Å². The molecule has 12 heterocycles. The van der Waals surface area contributed by atoms with E-state index in [4.69, 9.17) is 42.6 Å². The molecule has 124 heavy (non-hydrogen) atoms. The highest BCUT2D eigenvalue weighted by Gasteiger charge is 2.70. The van der Waals surface area contributed by atoms with E-state index in [2.05, 4.69) is 69.6 Å². The van der Waals surface area contributed by atoms with E-state index in [-0.39, 0.29) is 247 Å². The van der Waals surface area contributed by atoms with Gasteiger partial charge in [0.25, 0.3) is 0 Å². The fourth-order valence-corrected chi connectivity index (χ4v) is 33.8. The molecule has 18 rings (SSSR count). The van der Waals surface area contributed by atoms with Crippen molar-refractivity contribution in [1.82, 2.24) is 30.1 Å². The topological polar surface area (TPSA) is 514 Å². The number of nitrogens with one attached hydrogen (secondary N) is 6. The Morgan fingerprint density at radius 3 is 0.960 bits per heavy atom. The number of hydrogen-bond acceptors (Lipinski definition) is 33. The minimum atomic E-state index is -3.28. The van der Waals surface area contributed by atoms with Crippen LogP contribution in [-0.4, -0.2) is 254 Å². The molecule has 0 spiro atoms. The Kier molecular flexibility index (Phi) is 28.7. The first-order valence-electron chi connectivity index (χ1n) is 41.6. The summed E-state index contributed by atoms with van der Waals surface area (Å²) in [5.41, 5.74) is 1.65. The van der Waals surface area contributed by atoms with Gasteiger partial charge >= 0.3 is 53.7 Å². The number of ketones is 3. The maximum Gasteiger partial charge on any atom is 0.325 e. The first-order valence-corrected chi connectivity index (χ1v) is 49.1. The number of fused-ring (bicyclic) bond motifs is 6. The predicted molar refractivity (Wildman–Crippen MR) is 442 cm³/mol. The highest BCUT2D eigenvalue weighted by Crippen LogP contribution is 2.60. The van der Waals surface area contributed by atoms with Gasteiger partial charge in [0.1, 0.15) is 74.6 Å². The summed E-state index contributed by atoms with van der Waals surface area (Å²) < 4.78 is 128. The number of sulfonamides is 3. The molecular weight excluding hydrogens is 1740 g/mol. The monoisotopic (exact) mass is 1840 g/mol. The van der Waals surface area contributed by atoms with Gasteiger partial charge in [0.15, 0.2) is 17.3 Å². The number of hydrogen-bond donors (Lipinski definition) is 6. The van der Waals surface area contributed by atoms with Crippen molar-refractivity contribution in [1.29, 1.82) is 0 Å². The highest BCUT2D eigenvalue weighted by molar-refractivity contribution is 8.04. The Morgan fingerprint density at radius 1 is 0.387 bits per heavy atom. The van der Waals surface area contributed by atoms with Gasteiger partial charge in [-0.1, -0.05) is 39.5 Å². The lowest BCUT2D eigenvalue weighted by molar-refractivity contribution is -0.162. The van der Waals surface area contributed by atoms with E-state index in [0.717, 1.165) is 44.6 Å². The van der Waals surface area contributed by atoms with Crippen molar-refractivity contribution in [2.45, 2.75) is 264 Å². The summed E-state index contributed by atoms with van der Waals surface area (Å²) in [6.07, 6.45) is 9.13. The second kappa shape index (κ2) is 38.0. The van der Waals surface area contributed by atoms with Gasteiger partial charge in [-0.05, 0) is 128 Å². The lowest BCUT2D eigenvalue weighted by Crippen LogP contribution is -2.46. The minimum Gasteiger partial charge on any atom is -0.458 e. The average molecular weight is 1850 g/mol. The van der Waals surface area contributed by atoms with Crippen LogP contribution in [-0.2, 0) is 145 Å². The molecule has 0 aromatic heterocycles. The van der Waals surface area contributed by atoms with E-state index in [9.17, 15) is 97.2 Å². The van der Waals surface area contributed by atoms with Gasteiger partial charge in [-0.15, -0.1) is 35.3 Å². The van der Waals surface area contributed by atoms with E-state index in [1.165, 1.54) is 6.08 Å². The molecule has 42 heteroatoms. The first-order chi connectivity index (χ1) is 58.5. The zero-order chi connectivity index (χ0) is 89.8. The van der Waals surface area contributed by atoms with Crippen LogP contribution in [0.15, 0.2) is 73.9 Å². The van der Waals surface area contributed by atoms with Crippen molar-refractivity contribution < 1.29 is 140 Å². The molecule has 6 saturated carbocycles. The molecule has 12 saturated heterocycles. The first kappa shape index (κ1) is 93.5. The number of Topliss-reactive ketones (excluding diaryl/α,β-unsaturated/α-hetero) is 2. The van der Waals surface area contributed by atoms with Crippen molar-refractivity contribution in [3.05, 3.63) is 73.9 Å². The molecule has 18 aliphatic rings. The standard InChI is InChI=1S/2C16H20O5.C15H18O5.2C12H16N2O5S2.C11H14N2O5S2/c2*1-8(2)12(17)4-3-5-13(18)20-14-9-6-10-11(7-9)16(19)21-15(10)14;1-2-9(16)4-3-5-12(17)19-13-8-6-10-11(7-8)15(18)20-14(10)13;2*1-5(2)12(16)13-4-8(15)19-10-6-3-7-11(20-6)9(10)14-21(7,17)18;1-2-7(14)12-4-8(15)18-10-5-3-6-11(19-5)9(10)13-20(6,16)17/h2*9-11,14-15H,1,3-7H2,2H3;2,8,10-11,13-14H,1,3-7H2;2*6-7,9-11,14H,1,3-4H2,2H3,(H,13,16);2,5-6,9-11,13H,1,3-4H2,(H,12,14). The van der Waals surface area contributed by atoms with Gasteiger partial charge in [-0.3, -0.25) is 71.9 Å². The molecule has 12 aliphatic heterocycles. The fraction of sp³-hybridized carbons (Fsp3) is 0.671. The molecule has 30 unspecified atom stereocenters. The molecule has 6 aliphatic carbocycles. The second-order valence-electron chi connectivity index (χ2n) is 34.7. The zero-order valence-corrected chi connectivity index (χ0v) is 73.7. The quantitative estimate of drug-likeness (QED) is 0.0340. The lowest BCUT2D eigenvalue weighted by atomic mass is 9.88. The lowest BCUT2D eigenvalue weighted by Gasteiger charge is -2.25. The number of esters is 9. The van der Waals surface area contributed by atoms with E-state index in [1.54, 1.807) is 63.0 Å². The molecule has 30 atom stereocenters. The number of carbonyl (C=O) groups excluding carboxylic acids is 15. The molecule has 6 N–H and O–H groups in total. The summed E-state index contributed by atoms with van der Waals surface area (Å²) >= 11 is 4.71. The Labute approximate surface area is 729 Å². The Hall–Kier alpha value is -8.13. The maximum absolute atomic E-state index is 11.9. The SMILES string of the molecule is C=C(C)C(=O)CCCC(=O)OC1C2CC3C(=O)OC1C3C2.C=C(C)C(=O)CCCC(=O)OC1C2CC3C(=O)OC1C3C2.C=C(C)C(=O)NCC(=O)OC1C2CC3C(S2)C1NS3(=O)=O.C=C(C)C(=O)NCC(=O)OC1C2CC3C(S2)C1NS3(=O)=O.C=CC(=O)CCCC(=O)OC1C2CC3C(=O)OC1C3C2.C=CC(=O)NCC(=O)OC1C2CC3C(S2)C1NS3(=O)=O. The molecular formula is C82H104N6O30S6. The van der Waals surface area contributed by atoms with Crippen LogP contribution in [0.25, 0.3) is 0 Å². The van der Waals surface area contributed by atoms with Crippen molar-refractivity contribution in [3.8, 4) is 0 Å². The number of ether oxygens (including phenoxy) is 9. The summed E-state index contributed by atoms with van der Waals surface area (Å²) in [7, 11) is -9.84. The Morgan fingerprint density at radius 2 is 0.677 bits per heavy atom. The molecule has 12 bridgehead atoms. The van der Waals surface area contributed by atoms with Crippen molar-refractivity contribution in [2.75, 3.05) is 19.6 Å². The molecule has 0 aromatic carbocycles. The van der Waals surface area contributed by atoms with Crippen LogP contribution < -0.4 is 30.1 Å². The van der Waals surface area contributed by atoms with Gasteiger partial charge in [0.2, 0.25) is 47.8 Å². The van der Waals surface area contributed by atoms with E-state index < -0.39 is 84.0 Å². The van der Waals surface area contributed by atoms with E-state index >= 15 is 0 Å². The predicted octanol–water partition coefficient (Wildman–Crippen LogP) is 2.05. The molecule has 678 valence electrons. The van der Waals surface area contributed by atoms with Crippen molar-refractivity contribution >= 4 is 154 Å². The van der Waals surface area contributed by atoms with Crippen LogP contribution in [0.2, 0.25) is 0 Å². The summed E-state index contributed by atoms with van der Waals surface area (Å²) in [6, 6.07) is -1.03. The summed E-state index contributed by atoms with van der Waals surface area (Å²) in [6.45, 7) is 26.5. The molecule has 0 radical (unpaired) electrons. The molecule has 18 fully saturated rings. The summed E-state index contributed by atoms with van der Waals surface area (Å²) in [5.74, 6) is -2.75. The number of allylic oxidation sites excluding steroid dienone is 3. The normalized spacial score (nSPS) is 37.3. The van der Waals surface area contributed by atoms with Gasteiger partial charge < -0.3 is 58.6 Å². The number of carbonyl (C=O) groups is 15. The van der Waals surface area contributed by atoms with Crippen LogP contribution in [0.4, 0.5) is 0 Å². The van der Waals surface area contributed by atoms with Gasteiger partial charge in [0, 0.05) is 117 Å². The molecule has 0 aromatic rings. The van der Waals surface area contributed by atoms with Crippen LogP contribution in [0.3, 0.4) is 0 Å². The zero-order valence-electron chi connectivity index (χ0n) is 68.8. The largest absolute Gasteiger partial charge is 0.458 e. The van der Waals surface area contributed by atoms with E-state index in [1.807, 2.05) is 0 Å². The third kappa shape index (κ3) is 19.9. The number of rotatable bonds is 30. The number of thioether (sulfide) groups is 3. The van der Waals surface area contributed by atoms with Crippen molar-refractivity contribution in [2.24, 2.45) is 53.3 Å². The summed E-state index contributed by atoms with van der Waals surface area (Å²) in [4.78, 5) is 173. The average Bonchev–Trinajstić information content (AvgIpc) is 1.48. The third-order valence-electron chi connectivity index (χ3n) is 26.4. The maximum atomic E-state index is 11.9. The van der Waals surface area contributed by atoms with Crippen molar-refractivity contribution in [3.63, 3.8) is 0 Å². The summed E-state index contributed by atoms with van der Waals surface area (Å²) in [5, 5.41) is 5.96. The van der Waals surface area contributed by atoms with Crippen LogP contribution in [0, 0.1) is 53.3 Å². The highest BCUT2D eigenvalue weighted by atomic mass is 32.2. The second-order valence-corrected chi connectivity index (χ2v) is 44.8. The fourth-order valence-electron chi connectivity index (χ4n) is 20.5. The molecule has 36 nitrogen and oxygen atoms in total. The Balaban J connectivity index is 0.000000128. The molecule has 3 amide bonds. The van der Waals surface area contributed by atoms with Gasteiger partial charge in [0.05, 0.1) is 51.6 Å². The van der Waals surface area contributed by atoms with E-state index in [0.29, 0.717) is 80.1 Å². The third-order valence-corrected chi connectivity index (χ3v) is 37.8. The van der Waals surface area contributed by atoms with Crippen LogP contribution in [0.5, 0.6) is 0 Å².